The maximum absolute atomic E-state index is 11.3. The van der Waals surface area contributed by atoms with E-state index in [9.17, 15) is 9.59 Å². The van der Waals surface area contributed by atoms with Crippen molar-refractivity contribution >= 4 is 29.0 Å². The maximum Gasteiger partial charge on any atom is 0.318 e. The lowest BCUT2D eigenvalue weighted by molar-refractivity contribution is -0.129. The van der Waals surface area contributed by atoms with Gasteiger partial charge in [-0.2, -0.15) is 0 Å². The number of urea groups is 1. The first-order valence-corrected chi connectivity index (χ1v) is 10.9. The quantitative estimate of drug-likeness (QED) is 0.325. The van der Waals surface area contributed by atoms with Crippen molar-refractivity contribution in [3.8, 4) is 5.75 Å². The van der Waals surface area contributed by atoms with Gasteiger partial charge in [0.05, 0.1) is 7.11 Å². The number of nitrogens with two attached hydrogens (primary N) is 1. The molecule has 7 heteroatoms. The van der Waals surface area contributed by atoms with Crippen molar-refractivity contribution in [2.75, 3.05) is 26.0 Å². The van der Waals surface area contributed by atoms with Crippen molar-refractivity contribution in [2.24, 2.45) is 5.73 Å². The molecular formula is C26H35N3O4. The summed E-state index contributed by atoms with van der Waals surface area (Å²) in [7, 11) is 3.19. The zero-order chi connectivity index (χ0) is 24.3. The molecule has 0 heterocycles. The van der Waals surface area contributed by atoms with Gasteiger partial charge < -0.3 is 25.8 Å². The molecule has 0 fully saturated rings. The number of hydrogen-bond acceptors (Lipinski definition) is 5. The highest BCUT2D eigenvalue weighted by Crippen LogP contribution is 2.29. The summed E-state index contributed by atoms with van der Waals surface area (Å²) in [4.78, 5) is 21.0. The van der Waals surface area contributed by atoms with E-state index in [0.29, 0.717) is 18.8 Å². The summed E-state index contributed by atoms with van der Waals surface area (Å²) in [6.45, 7) is 3.85. The topological polar surface area (TPSA) is 103 Å². The number of amides is 2. The molecule has 3 rings (SSSR count). The molecule has 0 unspecified atom stereocenters. The number of carbonyl (C=O) groups is 2. The Bertz CT molecular complexity index is 945. The molecule has 0 atom stereocenters. The Kier molecular flexibility index (Phi) is 14.2. The van der Waals surface area contributed by atoms with E-state index in [1.54, 1.807) is 20.2 Å². The summed E-state index contributed by atoms with van der Waals surface area (Å²) in [5.41, 5.74) is 6.93. The van der Waals surface area contributed by atoms with E-state index in [1.165, 1.54) is 19.3 Å². The molecule has 0 aliphatic rings. The second-order valence-corrected chi connectivity index (χ2v) is 6.99. The Morgan fingerprint density at radius 1 is 1.03 bits per heavy atom. The largest absolute Gasteiger partial charge is 0.496 e. The van der Waals surface area contributed by atoms with Crippen LogP contribution in [0.15, 0.2) is 66.7 Å². The molecule has 3 aromatic rings. The van der Waals surface area contributed by atoms with Gasteiger partial charge >= 0.3 is 6.03 Å². The normalized spacial score (nSPS) is 9.45. The van der Waals surface area contributed by atoms with E-state index in [1.807, 2.05) is 60.7 Å². The van der Waals surface area contributed by atoms with Gasteiger partial charge in [0.25, 0.3) is 6.47 Å². The minimum atomic E-state index is -0.248. The lowest BCUT2D eigenvalue weighted by Crippen LogP contribution is -2.24. The third kappa shape index (κ3) is 11.0. The van der Waals surface area contributed by atoms with Crippen LogP contribution in [0.4, 0.5) is 10.5 Å². The van der Waals surface area contributed by atoms with Crippen molar-refractivity contribution in [3.63, 3.8) is 0 Å². The third-order valence-corrected chi connectivity index (χ3v) is 4.50. The Balaban J connectivity index is 0.000000288. The fraction of sp³-hybridized carbons (Fsp3) is 0.308. The smallest absolute Gasteiger partial charge is 0.318 e. The number of ether oxygens (including phenoxy) is 2. The zero-order valence-electron chi connectivity index (χ0n) is 19.7. The molecule has 0 saturated heterocycles. The number of methoxy groups -OCH3 is 1. The summed E-state index contributed by atoms with van der Waals surface area (Å²) in [5.74, 6) is 0.745. The fourth-order valence-electron chi connectivity index (χ4n) is 2.81. The van der Waals surface area contributed by atoms with Crippen LogP contribution in [0.3, 0.4) is 0 Å². The van der Waals surface area contributed by atoms with Crippen LogP contribution in [0.5, 0.6) is 5.75 Å². The van der Waals surface area contributed by atoms with Crippen molar-refractivity contribution in [1.29, 1.82) is 0 Å². The second-order valence-electron chi connectivity index (χ2n) is 6.99. The molecule has 7 nitrogen and oxygen atoms in total. The van der Waals surface area contributed by atoms with E-state index in [4.69, 9.17) is 10.5 Å². The van der Waals surface area contributed by atoms with Gasteiger partial charge in [-0.05, 0) is 30.0 Å². The van der Waals surface area contributed by atoms with Crippen LogP contribution in [-0.2, 0) is 16.1 Å². The predicted molar refractivity (Wildman–Crippen MR) is 134 cm³/mol. The monoisotopic (exact) mass is 453 g/mol. The van der Waals surface area contributed by atoms with Crippen molar-refractivity contribution in [2.45, 2.75) is 32.8 Å². The van der Waals surface area contributed by atoms with Crippen LogP contribution >= 0.6 is 0 Å². The molecule has 0 aliphatic heterocycles. The van der Waals surface area contributed by atoms with Crippen molar-refractivity contribution in [3.05, 3.63) is 72.3 Å². The summed E-state index contributed by atoms with van der Waals surface area (Å²) in [5, 5.41) is 7.29. The molecule has 0 aliphatic carbocycles. The molecule has 33 heavy (non-hydrogen) atoms. The highest BCUT2D eigenvalue weighted by Gasteiger charge is 2.05. The number of carbonyl (C=O) groups excluding carboxylic acids is 2. The van der Waals surface area contributed by atoms with Crippen molar-refractivity contribution in [1.82, 2.24) is 5.32 Å². The Morgan fingerprint density at radius 3 is 2.30 bits per heavy atom. The van der Waals surface area contributed by atoms with Crippen LogP contribution in [0.25, 0.3) is 10.8 Å². The minimum Gasteiger partial charge on any atom is -0.496 e. The SMILES string of the molecule is CCCCCN.CNC(=O)Nc1cc(OC)c2ccccc2c1.O=COCc1ccccc1. The average Bonchev–Trinajstić information content (AvgIpc) is 2.87. The van der Waals surface area contributed by atoms with E-state index < -0.39 is 0 Å². The van der Waals surface area contributed by atoms with Gasteiger partial charge in [-0.1, -0.05) is 74.4 Å². The summed E-state index contributed by atoms with van der Waals surface area (Å²) < 4.78 is 9.85. The van der Waals surface area contributed by atoms with Gasteiger partial charge in [0.2, 0.25) is 0 Å². The standard InChI is InChI=1S/C13H14N2O2.C8H8O2.C5H13N/c1-14-13(16)15-10-7-9-5-3-4-6-11(9)12(8-10)17-2;9-7-10-6-8-4-2-1-3-5-8;1-2-3-4-5-6/h3-8H,1-2H3,(H2,14,15,16);1-5,7H,6H2;2-6H2,1H3. The molecule has 0 radical (unpaired) electrons. The minimum absolute atomic E-state index is 0.248. The highest BCUT2D eigenvalue weighted by atomic mass is 16.5. The maximum atomic E-state index is 11.3. The zero-order valence-corrected chi connectivity index (χ0v) is 19.7. The van der Waals surface area contributed by atoms with Crippen LogP contribution in [0, 0.1) is 0 Å². The third-order valence-electron chi connectivity index (χ3n) is 4.50. The molecule has 2 amide bonds. The Morgan fingerprint density at radius 2 is 1.73 bits per heavy atom. The van der Waals surface area contributed by atoms with E-state index >= 15 is 0 Å². The molecular weight excluding hydrogens is 418 g/mol. The van der Waals surface area contributed by atoms with Crippen LogP contribution in [0.2, 0.25) is 0 Å². The van der Waals surface area contributed by atoms with Crippen LogP contribution in [-0.4, -0.2) is 33.2 Å². The number of anilines is 1. The van der Waals surface area contributed by atoms with E-state index in [2.05, 4.69) is 22.3 Å². The summed E-state index contributed by atoms with van der Waals surface area (Å²) in [6, 6.07) is 20.9. The lowest BCUT2D eigenvalue weighted by Gasteiger charge is -2.10. The van der Waals surface area contributed by atoms with E-state index in [-0.39, 0.29) is 6.03 Å². The van der Waals surface area contributed by atoms with E-state index in [0.717, 1.165) is 28.6 Å². The van der Waals surface area contributed by atoms with Gasteiger partial charge in [-0.3, -0.25) is 4.79 Å². The first-order chi connectivity index (χ1) is 16.1. The number of rotatable bonds is 8. The van der Waals surface area contributed by atoms with Crippen LogP contribution in [0.1, 0.15) is 31.7 Å². The van der Waals surface area contributed by atoms with Gasteiger partial charge in [-0.15, -0.1) is 0 Å². The number of unbranched alkanes of at least 4 members (excludes halogenated alkanes) is 2. The van der Waals surface area contributed by atoms with Gasteiger partial charge in [0, 0.05) is 24.2 Å². The highest BCUT2D eigenvalue weighted by molar-refractivity contribution is 5.96. The first kappa shape index (κ1) is 27.5. The molecule has 0 bridgehead atoms. The number of nitrogens with one attached hydrogen (secondary N) is 2. The summed E-state index contributed by atoms with van der Waals surface area (Å²) >= 11 is 0. The Hall–Kier alpha value is -3.58. The van der Waals surface area contributed by atoms with Gasteiger partial charge in [0.1, 0.15) is 12.4 Å². The number of hydrogen-bond donors (Lipinski definition) is 3. The van der Waals surface area contributed by atoms with Gasteiger partial charge in [0.15, 0.2) is 0 Å². The number of fused-ring (bicyclic) bond motifs is 1. The van der Waals surface area contributed by atoms with Crippen LogP contribution < -0.4 is 21.1 Å². The predicted octanol–water partition coefficient (Wildman–Crippen LogP) is 5.09. The fourth-order valence-corrected chi connectivity index (χ4v) is 2.81. The molecule has 0 spiro atoms. The Labute approximate surface area is 196 Å². The lowest BCUT2D eigenvalue weighted by atomic mass is 10.1. The van der Waals surface area contributed by atoms with Gasteiger partial charge in [-0.25, -0.2) is 4.79 Å². The summed E-state index contributed by atoms with van der Waals surface area (Å²) in [6.07, 6.45) is 3.75. The molecule has 4 N–H and O–H groups in total. The molecule has 0 aromatic heterocycles. The van der Waals surface area contributed by atoms with Crippen molar-refractivity contribution < 1.29 is 19.1 Å². The first-order valence-electron chi connectivity index (χ1n) is 10.9. The number of benzene rings is 3. The second kappa shape index (κ2) is 17.0. The molecule has 178 valence electrons. The molecule has 0 saturated carbocycles. The molecule has 3 aromatic carbocycles. The average molecular weight is 454 g/mol.